The van der Waals surface area contributed by atoms with Gasteiger partial charge in [-0.2, -0.15) is 0 Å². The maximum atomic E-state index is 12.4. The molecule has 6 nitrogen and oxygen atoms in total. The van der Waals surface area contributed by atoms with Gasteiger partial charge in [-0.3, -0.25) is 9.59 Å². The third kappa shape index (κ3) is 3.59. The third-order valence-corrected chi connectivity index (χ3v) is 4.62. The predicted molar refractivity (Wildman–Crippen MR) is 99.0 cm³/mol. The molecule has 2 aromatic rings. The molecule has 1 heterocycles. The number of carbonyl (C=O) groups is 2. The van der Waals surface area contributed by atoms with Crippen molar-refractivity contribution in [3.63, 3.8) is 0 Å². The first-order valence-electron chi connectivity index (χ1n) is 7.97. The number of hydrogen-bond acceptors (Lipinski definition) is 5. The fraction of sp³-hybridized carbons (Fsp3) is 0.263. The number of anilines is 1. The van der Waals surface area contributed by atoms with E-state index in [1.165, 1.54) is 6.92 Å². The van der Waals surface area contributed by atoms with Crippen molar-refractivity contribution in [1.29, 1.82) is 0 Å². The maximum absolute atomic E-state index is 12.4. The number of carbonyl (C=O) groups excluding carboxylic acids is 2. The molecular weight excluding hydrogens is 402 g/mol. The summed E-state index contributed by atoms with van der Waals surface area (Å²) in [4.78, 5) is 23.8. The molecule has 136 valence electrons. The molecule has 3 rings (SSSR count). The molecular formula is C19H18BrNO5. The van der Waals surface area contributed by atoms with Gasteiger partial charge in [0.15, 0.2) is 0 Å². The zero-order valence-corrected chi connectivity index (χ0v) is 16.1. The molecule has 0 bridgehead atoms. The van der Waals surface area contributed by atoms with Gasteiger partial charge in [0, 0.05) is 22.6 Å². The number of rotatable bonds is 3. The number of hydrogen-bond donors (Lipinski definition) is 1. The average Bonchev–Trinajstić information content (AvgIpc) is 2.72. The fourth-order valence-corrected chi connectivity index (χ4v) is 3.30. The van der Waals surface area contributed by atoms with E-state index in [1.807, 2.05) is 37.3 Å². The second kappa shape index (κ2) is 7.47. The Labute approximate surface area is 159 Å². The predicted octanol–water partition coefficient (Wildman–Crippen LogP) is 3.71. The van der Waals surface area contributed by atoms with Gasteiger partial charge in [-0.1, -0.05) is 28.1 Å². The van der Waals surface area contributed by atoms with Crippen molar-refractivity contribution in [3.05, 3.63) is 57.6 Å². The molecule has 0 radical (unpaired) electrons. The first kappa shape index (κ1) is 18.4. The first-order chi connectivity index (χ1) is 12.4. The van der Waals surface area contributed by atoms with E-state index in [0.29, 0.717) is 11.4 Å². The molecule has 7 heteroatoms. The highest BCUT2D eigenvalue weighted by Gasteiger charge is 2.34. The van der Waals surface area contributed by atoms with Crippen LogP contribution in [0.1, 0.15) is 29.7 Å². The van der Waals surface area contributed by atoms with Crippen LogP contribution in [0.15, 0.2) is 40.9 Å². The Morgan fingerprint density at radius 2 is 2.00 bits per heavy atom. The molecule has 1 amide bonds. The standard InChI is InChI=1S/C19H18BrNO5/c1-10-13(5-4-6-16(10)24-3)17-14-9-12(20)7-8-15(14)21-18(23)19(26-17)25-11(2)22/h4-9,17,19H,1-3H3,(H,21,23)/t17-,19+/m0/s1. The van der Waals surface area contributed by atoms with E-state index in [4.69, 9.17) is 14.2 Å². The van der Waals surface area contributed by atoms with Crippen LogP contribution in [0.25, 0.3) is 0 Å². The molecule has 0 aromatic heterocycles. The highest BCUT2D eigenvalue weighted by Crippen LogP contribution is 2.39. The molecule has 1 aliphatic heterocycles. The van der Waals surface area contributed by atoms with E-state index >= 15 is 0 Å². The maximum Gasteiger partial charge on any atom is 0.305 e. The molecule has 0 spiro atoms. The highest BCUT2D eigenvalue weighted by atomic mass is 79.9. The summed E-state index contributed by atoms with van der Waals surface area (Å²) in [5.41, 5.74) is 3.04. The molecule has 2 aromatic carbocycles. The number of ether oxygens (including phenoxy) is 3. The lowest BCUT2D eigenvalue weighted by Crippen LogP contribution is -2.33. The fourth-order valence-electron chi connectivity index (χ4n) is 2.92. The van der Waals surface area contributed by atoms with Crippen molar-refractivity contribution in [2.45, 2.75) is 26.2 Å². The van der Waals surface area contributed by atoms with Crippen LogP contribution in [-0.4, -0.2) is 25.3 Å². The first-order valence-corrected chi connectivity index (χ1v) is 8.76. The Morgan fingerprint density at radius 3 is 2.69 bits per heavy atom. The van der Waals surface area contributed by atoms with Crippen LogP contribution >= 0.6 is 15.9 Å². The van der Waals surface area contributed by atoms with Gasteiger partial charge in [0.2, 0.25) is 0 Å². The molecule has 0 unspecified atom stereocenters. The summed E-state index contributed by atoms with van der Waals surface area (Å²) in [6.07, 6.45) is -1.98. The lowest BCUT2D eigenvalue weighted by Gasteiger charge is -2.23. The molecule has 0 saturated carbocycles. The number of nitrogens with one attached hydrogen (secondary N) is 1. The lowest BCUT2D eigenvalue weighted by atomic mass is 9.95. The number of benzene rings is 2. The molecule has 0 aliphatic carbocycles. The topological polar surface area (TPSA) is 73.9 Å². The summed E-state index contributed by atoms with van der Waals surface area (Å²) in [6, 6.07) is 11.1. The van der Waals surface area contributed by atoms with E-state index in [-0.39, 0.29) is 0 Å². The zero-order chi connectivity index (χ0) is 18.8. The second-order valence-corrected chi connectivity index (χ2v) is 6.77. The van der Waals surface area contributed by atoms with Gasteiger partial charge in [0.25, 0.3) is 12.2 Å². The molecule has 0 fully saturated rings. The normalized spacial score (nSPS) is 19.2. The summed E-state index contributed by atoms with van der Waals surface area (Å²) in [5.74, 6) is -0.430. The van der Waals surface area contributed by atoms with Crippen molar-refractivity contribution >= 4 is 33.5 Å². The summed E-state index contributed by atoms with van der Waals surface area (Å²) in [5, 5.41) is 2.76. The summed E-state index contributed by atoms with van der Waals surface area (Å²) >= 11 is 3.45. The van der Waals surface area contributed by atoms with Crippen LogP contribution in [0.2, 0.25) is 0 Å². The van der Waals surface area contributed by atoms with Gasteiger partial charge in [0.05, 0.1) is 7.11 Å². The molecule has 0 saturated heterocycles. The van der Waals surface area contributed by atoms with Crippen LogP contribution in [0.4, 0.5) is 5.69 Å². The molecule has 1 N–H and O–H groups in total. The van der Waals surface area contributed by atoms with E-state index in [0.717, 1.165) is 21.2 Å². The van der Waals surface area contributed by atoms with Crippen LogP contribution in [0, 0.1) is 6.92 Å². The molecule has 1 aliphatic rings. The smallest absolute Gasteiger partial charge is 0.305 e. The van der Waals surface area contributed by atoms with Crippen LogP contribution in [0.3, 0.4) is 0 Å². The average molecular weight is 420 g/mol. The Hall–Kier alpha value is -2.38. The van der Waals surface area contributed by atoms with Gasteiger partial charge in [-0.15, -0.1) is 0 Å². The van der Waals surface area contributed by atoms with Gasteiger partial charge in [-0.25, -0.2) is 0 Å². The summed E-state index contributed by atoms with van der Waals surface area (Å²) < 4.78 is 17.3. The Balaban J connectivity index is 2.15. The number of halogens is 1. The SMILES string of the molecule is COc1cccc([C@@H]2O[C@@H](OC(C)=O)C(=O)Nc3ccc(Br)cc32)c1C. The quantitative estimate of drug-likeness (QED) is 0.767. The molecule has 2 atom stereocenters. The van der Waals surface area contributed by atoms with Crippen LogP contribution in [-0.2, 0) is 19.1 Å². The van der Waals surface area contributed by atoms with Crippen LogP contribution in [0.5, 0.6) is 5.75 Å². The minimum atomic E-state index is -1.35. The zero-order valence-electron chi connectivity index (χ0n) is 14.5. The molecule has 26 heavy (non-hydrogen) atoms. The number of esters is 1. The van der Waals surface area contributed by atoms with Crippen molar-refractivity contribution < 1.29 is 23.8 Å². The van der Waals surface area contributed by atoms with Gasteiger partial charge < -0.3 is 19.5 Å². The van der Waals surface area contributed by atoms with E-state index < -0.39 is 24.3 Å². The Kier molecular flexibility index (Phi) is 5.29. The summed E-state index contributed by atoms with van der Waals surface area (Å²) in [7, 11) is 1.59. The Bertz CT molecular complexity index is 867. The van der Waals surface area contributed by atoms with Gasteiger partial charge in [0.1, 0.15) is 11.9 Å². The minimum absolute atomic E-state index is 0.535. The van der Waals surface area contributed by atoms with E-state index in [1.54, 1.807) is 13.2 Å². The number of amides is 1. The summed E-state index contributed by atoms with van der Waals surface area (Å²) in [6.45, 7) is 3.15. The van der Waals surface area contributed by atoms with Crippen molar-refractivity contribution in [2.24, 2.45) is 0 Å². The number of fused-ring (bicyclic) bond motifs is 1. The van der Waals surface area contributed by atoms with Crippen molar-refractivity contribution in [3.8, 4) is 5.75 Å². The largest absolute Gasteiger partial charge is 0.496 e. The van der Waals surface area contributed by atoms with Crippen molar-refractivity contribution in [2.75, 3.05) is 12.4 Å². The second-order valence-electron chi connectivity index (χ2n) is 5.85. The lowest BCUT2D eigenvalue weighted by molar-refractivity contribution is -0.187. The number of methoxy groups -OCH3 is 1. The van der Waals surface area contributed by atoms with Crippen LogP contribution < -0.4 is 10.1 Å². The minimum Gasteiger partial charge on any atom is -0.496 e. The van der Waals surface area contributed by atoms with Gasteiger partial charge in [-0.05, 0) is 42.3 Å². The Morgan fingerprint density at radius 1 is 1.23 bits per heavy atom. The third-order valence-electron chi connectivity index (χ3n) is 4.13. The van der Waals surface area contributed by atoms with E-state index in [2.05, 4.69) is 21.2 Å². The van der Waals surface area contributed by atoms with Gasteiger partial charge >= 0.3 is 5.97 Å². The highest BCUT2D eigenvalue weighted by molar-refractivity contribution is 9.10. The van der Waals surface area contributed by atoms with E-state index in [9.17, 15) is 9.59 Å². The monoisotopic (exact) mass is 419 g/mol. The van der Waals surface area contributed by atoms with Crippen molar-refractivity contribution in [1.82, 2.24) is 0 Å².